The normalized spacial score (nSPS) is 12.5. The lowest BCUT2D eigenvalue weighted by Gasteiger charge is -2.08. The van der Waals surface area contributed by atoms with Crippen LogP contribution in [-0.4, -0.2) is 19.0 Å². The number of ketones is 1. The number of hydrogen-bond acceptors (Lipinski definition) is 2. The molecule has 0 aromatic heterocycles. The molecule has 82 valence electrons. The molecule has 0 aliphatic carbocycles. The third-order valence-corrected chi connectivity index (χ3v) is 2.44. The first kappa shape index (κ1) is 12.2. The van der Waals surface area contributed by atoms with Gasteiger partial charge < -0.3 is 4.74 Å². The van der Waals surface area contributed by atoms with Crippen LogP contribution in [0.5, 0.6) is 0 Å². The van der Waals surface area contributed by atoms with Crippen molar-refractivity contribution in [2.75, 3.05) is 7.11 Å². The minimum absolute atomic E-state index is 0.0170. The van der Waals surface area contributed by atoms with Crippen LogP contribution in [0.3, 0.4) is 0 Å². The summed E-state index contributed by atoms with van der Waals surface area (Å²) in [5.41, 5.74) is 0.954. The van der Waals surface area contributed by atoms with Crippen LogP contribution in [0, 0.1) is 0 Å². The highest BCUT2D eigenvalue weighted by molar-refractivity contribution is 6.30. The van der Waals surface area contributed by atoms with E-state index < -0.39 is 0 Å². The Morgan fingerprint density at radius 3 is 2.87 bits per heavy atom. The van der Waals surface area contributed by atoms with Crippen molar-refractivity contribution in [2.24, 2.45) is 0 Å². The topological polar surface area (TPSA) is 26.3 Å². The van der Waals surface area contributed by atoms with E-state index >= 15 is 0 Å². The molecule has 0 heterocycles. The second-order valence-corrected chi connectivity index (χ2v) is 4.03. The van der Waals surface area contributed by atoms with Crippen molar-refractivity contribution in [3.8, 4) is 0 Å². The van der Waals surface area contributed by atoms with E-state index in [2.05, 4.69) is 0 Å². The molecule has 1 rings (SSSR count). The number of benzene rings is 1. The molecule has 1 atom stereocenters. The minimum Gasteiger partial charge on any atom is -0.381 e. The lowest BCUT2D eigenvalue weighted by Crippen LogP contribution is -2.13. The van der Waals surface area contributed by atoms with E-state index in [1.807, 2.05) is 25.1 Å². The second-order valence-electron chi connectivity index (χ2n) is 3.60. The number of carbonyl (C=O) groups excluding carboxylic acids is 1. The quantitative estimate of drug-likeness (QED) is 0.772. The van der Waals surface area contributed by atoms with Gasteiger partial charge in [0.1, 0.15) is 5.78 Å². The fourth-order valence-electron chi connectivity index (χ4n) is 1.35. The van der Waals surface area contributed by atoms with Crippen molar-refractivity contribution >= 4 is 17.4 Å². The summed E-state index contributed by atoms with van der Waals surface area (Å²) in [6.07, 6.45) is 0.855. The standard InChI is InChI=1S/C12H15ClO2/c1-9(15-2)6-12(14)8-10-4-3-5-11(13)7-10/h3-5,7,9H,6,8H2,1-2H3. The van der Waals surface area contributed by atoms with Crippen molar-refractivity contribution in [2.45, 2.75) is 25.9 Å². The van der Waals surface area contributed by atoms with Crippen LogP contribution in [0.25, 0.3) is 0 Å². The highest BCUT2D eigenvalue weighted by Crippen LogP contribution is 2.12. The van der Waals surface area contributed by atoms with Gasteiger partial charge in [0.05, 0.1) is 6.10 Å². The number of Topliss-reactive ketones (excluding diaryl/α,β-unsaturated/α-hetero) is 1. The number of halogens is 1. The highest BCUT2D eigenvalue weighted by atomic mass is 35.5. The van der Waals surface area contributed by atoms with Crippen LogP contribution in [0.15, 0.2) is 24.3 Å². The van der Waals surface area contributed by atoms with E-state index in [9.17, 15) is 4.79 Å². The van der Waals surface area contributed by atoms with Gasteiger partial charge in [-0.1, -0.05) is 23.7 Å². The summed E-state index contributed by atoms with van der Waals surface area (Å²) >= 11 is 5.83. The smallest absolute Gasteiger partial charge is 0.139 e. The summed E-state index contributed by atoms with van der Waals surface area (Å²) in [6.45, 7) is 1.88. The van der Waals surface area contributed by atoms with Gasteiger partial charge in [-0.2, -0.15) is 0 Å². The number of methoxy groups -OCH3 is 1. The summed E-state index contributed by atoms with van der Waals surface area (Å²) < 4.78 is 5.04. The Bertz CT molecular complexity index is 336. The molecule has 0 amide bonds. The predicted octanol–water partition coefficient (Wildman–Crippen LogP) is 2.88. The van der Waals surface area contributed by atoms with Crippen LogP contribution >= 0.6 is 11.6 Å². The largest absolute Gasteiger partial charge is 0.381 e. The van der Waals surface area contributed by atoms with Gasteiger partial charge in [0.2, 0.25) is 0 Å². The summed E-state index contributed by atoms with van der Waals surface area (Å²) in [7, 11) is 1.61. The van der Waals surface area contributed by atoms with Crippen LogP contribution in [0.4, 0.5) is 0 Å². The van der Waals surface area contributed by atoms with Crippen molar-refractivity contribution < 1.29 is 9.53 Å². The molecule has 3 heteroatoms. The molecule has 0 radical (unpaired) electrons. The predicted molar refractivity (Wildman–Crippen MR) is 61.3 cm³/mol. The molecular weight excluding hydrogens is 212 g/mol. The summed E-state index contributed by atoms with van der Waals surface area (Å²) in [4.78, 5) is 11.6. The Kier molecular flexibility index (Phi) is 4.79. The van der Waals surface area contributed by atoms with Crippen molar-refractivity contribution in [1.82, 2.24) is 0 Å². The Labute approximate surface area is 95.2 Å². The Morgan fingerprint density at radius 2 is 2.27 bits per heavy atom. The minimum atomic E-state index is -0.0170. The Morgan fingerprint density at radius 1 is 1.53 bits per heavy atom. The fourth-order valence-corrected chi connectivity index (χ4v) is 1.56. The van der Waals surface area contributed by atoms with Crippen LogP contribution in [-0.2, 0) is 16.0 Å². The maximum atomic E-state index is 11.6. The molecule has 0 N–H and O–H groups in total. The van der Waals surface area contributed by atoms with Gasteiger partial charge in [-0.15, -0.1) is 0 Å². The molecule has 1 aromatic carbocycles. The molecule has 2 nitrogen and oxygen atoms in total. The van der Waals surface area contributed by atoms with E-state index in [0.717, 1.165) is 5.56 Å². The van der Waals surface area contributed by atoms with E-state index in [1.54, 1.807) is 13.2 Å². The molecule has 0 spiro atoms. The monoisotopic (exact) mass is 226 g/mol. The molecule has 0 saturated carbocycles. The van der Waals surface area contributed by atoms with Gasteiger partial charge in [0.15, 0.2) is 0 Å². The van der Waals surface area contributed by atoms with E-state index in [0.29, 0.717) is 17.9 Å². The van der Waals surface area contributed by atoms with Crippen LogP contribution in [0.1, 0.15) is 18.9 Å². The molecule has 1 unspecified atom stereocenters. The lowest BCUT2D eigenvalue weighted by atomic mass is 10.1. The molecular formula is C12H15ClO2. The SMILES string of the molecule is COC(C)CC(=O)Cc1cccc(Cl)c1. The van der Waals surface area contributed by atoms with Crippen LogP contribution < -0.4 is 0 Å². The zero-order chi connectivity index (χ0) is 11.3. The van der Waals surface area contributed by atoms with Gasteiger partial charge in [-0.25, -0.2) is 0 Å². The first-order valence-corrected chi connectivity index (χ1v) is 5.28. The molecule has 1 aromatic rings. The number of rotatable bonds is 5. The van der Waals surface area contributed by atoms with Crippen molar-refractivity contribution in [1.29, 1.82) is 0 Å². The van der Waals surface area contributed by atoms with Crippen LogP contribution in [0.2, 0.25) is 5.02 Å². The average molecular weight is 227 g/mol. The molecule has 0 saturated heterocycles. The first-order chi connectivity index (χ1) is 7.11. The number of hydrogen-bond donors (Lipinski definition) is 0. The third kappa shape index (κ3) is 4.45. The van der Waals surface area contributed by atoms with E-state index in [-0.39, 0.29) is 11.9 Å². The second kappa shape index (κ2) is 5.89. The Balaban J connectivity index is 2.51. The Hall–Kier alpha value is -0.860. The average Bonchev–Trinajstić information content (AvgIpc) is 2.17. The molecule has 0 bridgehead atoms. The zero-order valence-electron chi connectivity index (χ0n) is 9.00. The molecule has 0 aliphatic heterocycles. The van der Waals surface area contributed by atoms with Gasteiger partial charge in [-0.05, 0) is 24.6 Å². The van der Waals surface area contributed by atoms with Gasteiger partial charge >= 0.3 is 0 Å². The molecule has 15 heavy (non-hydrogen) atoms. The van der Waals surface area contributed by atoms with E-state index in [1.165, 1.54) is 0 Å². The fraction of sp³-hybridized carbons (Fsp3) is 0.417. The van der Waals surface area contributed by atoms with Gasteiger partial charge in [0, 0.05) is 25.0 Å². The number of carbonyl (C=O) groups is 1. The maximum absolute atomic E-state index is 11.6. The van der Waals surface area contributed by atoms with Crippen molar-refractivity contribution in [3.63, 3.8) is 0 Å². The number of ether oxygens (including phenoxy) is 1. The van der Waals surface area contributed by atoms with Crippen molar-refractivity contribution in [3.05, 3.63) is 34.9 Å². The zero-order valence-corrected chi connectivity index (χ0v) is 9.75. The summed E-state index contributed by atoms with van der Waals surface area (Å²) in [5, 5.41) is 0.667. The summed E-state index contributed by atoms with van der Waals surface area (Å²) in [6, 6.07) is 7.37. The molecule has 0 fully saturated rings. The third-order valence-electron chi connectivity index (χ3n) is 2.21. The maximum Gasteiger partial charge on any atom is 0.139 e. The summed E-state index contributed by atoms with van der Waals surface area (Å²) in [5.74, 6) is 0.173. The molecule has 0 aliphatic rings. The van der Waals surface area contributed by atoms with Gasteiger partial charge in [0.25, 0.3) is 0 Å². The van der Waals surface area contributed by atoms with E-state index in [4.69, 9.17) is 16.3 Å². The highest BCUT2D eigenvalue weighted by Gasteiger charge is 2.08. The first-order valence-electron chi connectivity index (χ1n) is 4.90. The van der Waals surface area contributed by atoms with Gasteiger partial charge in [-0.3, -0.25) is 4.79 Å². The lowest BCUT2D eigenvalue weighted by molar-refractivity contribution is -0.120.